The third kappa shape index (κ3) is 3.97. The van der Waals surface area contributed by atoms with Crippen molar-refractivity contribution in [2.24, 2.45) is 0 Å². The molecule has 0 aliphatic rings. The molecule has 0 saturated heterocycles. The number of aryl methyl sites for hydroxylation is 1. The van der Waals surface area contributed by atoms with E-state index >= 15 is 0 Å². The Morgan fingerprint density at radius 3 is 2.54 bits per heavy atom. The zero-order valence-electron chi connectivity index (χ0n) is 15.4. The van der Waals surface area contributed by atoms with Gasteiger partial charge in [-0.05, 0) is 18.1 Å². The Morgan fingerprint density at radius 1 is 1.08 bits per heavy atom. The lowest BCUT2D eigenvalue weighted by Gasteiger charge is -2.16. The summed E-state index contributed by atoms with van der Waals surface area (Å²) in [5.74, 6) is 0.178. The van der Waals surface area contributed by atoms with Crippen molar-refractivity contribution in [1.29, 1.82) is 0 Å². The number of quaternary nitrogens is 1. The van der Waals surface area contributed by atoms with E-state index in [9.17, 15) is 9.90 Å². The summed E-state index contributed by atoms with van der Waals surface area (Å²) in [7, 11) is 0. The smallest absolute Gasteiger partial charge is 0.336 e. The molecule has 0 bridgehead atoms. The van der Waals surface area contributed by atoms with Crippen molar-refractivity contribution < 1.29 is 14.8 Å². The summed E-state index contributed by atoms with van der Waals surface area (Å²) >= 11 is 0. The van der Waals surface area contributed by atoms with Crippen LogP contribution in [0.1, 0.15) is 49.4 Å². The Hall–Kier alpha value is -2.59. The molecule has 3 aromatic rings. The molecule has 0 saturated carbocycles. The molecule has 4 heteroatoms. The summed E-state index contributed by atoms with van der Waals surface area (Å²) in [6.07, 6.45) is 2.90. The zero-order chi connectivity index (χ0) is 18.5. The molecule has 1 atom stereocenters. The number of benzene rings is 2. The minimum Gasteiger partial charge on any atom is -0.508 e. The van der Waals surface area contributed by atoms with Gasteiger partial charge in [0.15, 0.2) is 0 Å². The molecule has 1 heterocycles. The van der Waals surface area contributed by atoms with Crippen LogP contribution < -0.4 is 10.9 Å². The molecule has 2 aromatic carbocycles. The molecule has 136 valence electrons. The molecule has 3 N–H and O–H groups in total. The number of nitrogens with two attached hydrogens (primary N) is 1. The van der Waals surface area contributed by atoms with Crippen LogP contribution in [0.2, 0.25) is 0 Å². The van der Waals surface area contributed by atoms with Gasteiger partial charge in [-0.25, -0.2) is 4.79 Å². The third-order valence-corrected chi connectivity index (χ3v) is 4.86. The second-order valence-electron chi connectivity index (χ2n) is 6.67. The van der Waals surface area contributed by atoms with Gasteiger partial charge in [-0.15, -0.1) is 0 Å². The topological polar surface area (TPSA) is 67.0 Å². The molecule has 0 aliphatic heterocycles. The summed E-state index contributed by atoms with van der Waals surface area (Å²) < 4.78 is 5.29. The fourth-order valence-corrected chi connectivity index (χ4v) is 3.46. The van der Waals surface area contributed by atoms with Crippen LogP contribution in [0, 0.1) is 0 Å². The van der Waals surface area contributed by atoms with Crippen LogP contribution in [0.4, 0.5) is 0 Å². The van der Waals surface area contributed by atoms with E-state index in [0.29, 0.717) is 18.2 Å². The van der Waals surface area contributed by atoms with Gasteiger partial charge in [-0.2, -0.15) is 0 Å². The van der Waals surface area contributed by atoms with Crippen LogP contribution in [-0.2, 0) is 13.0 Å². The maximum absolute atomic E-state index is 11.9. The summed E-state index contributed by atoms with van der Waals surface area (Å²) in [5.41, 5.74) is 3.18. The largest absolute Gasteiger partial charge is 0.508 e. The monoisotopic (exact) mass is 352 g/mol. The maximum atomic E-state index is 11.9. The van der Waals surface area contributed by atoms with Crippen LogP contribution >= 0.6 is 0 Å². The van der Waals surface area contributed by atoms with E-state index in [1.54, 1.807) is 12.1 Å². The summed E-state index contributed by atoms with van der Waals surface area (Å²) in [5, 5.41) is 13.2. The first-order chi connectivity index (χ1) is 12.6. The normalized spacial score (nSPS) is 12.4. The second-order valence-corrected chi connectivity index (χ2v) is 6.67. The van der Waals surface area contributed by atoms with E-state index in [2.05, 4.69) is 36.5 Å². The van der Waals surface area contributed by atoms with Crippen molar-refractivity contribution in [2.45, 2.75) is 45.7 Å². The van der Waals surface area contributed by atoms with Gasteiger partial charge in [-0.1, -0.05) is 50.6 Å². The van der Waals surface area contributed by atoms with E-state index in [1.165, 1.54) is 5.56 Å². The van der Waals surface area contributed by atoms with Crippen LogP contribution in [0.15, 0.2) is 57.7 Å². The van der Waals surface area contributed by atoms with Gasteiger partial charge >= 0.3 is 5.63 Å². The first-order valence-electron chi connectivity index (χ1n) is 9.29. The van der Waals surface area contributed by atoms with E-state index < -0.39 is 0 Å². The van der Waals surface area contributed by atoms with Gasteiger partial charge in [0.2, 0.25) is 0 Å². The molecule has 4 nitrogen and oxygen atoms in total. The van der Waals surface area contributed by atoms with Crippen LogP contribution in [0.5, 0.6) is 5.75 Å². The molecule has 0 unspecified atom stereocenters. The number of hydrogen-bond donors (Lipinski definition) is 2. The highest BCUT2D eigenvalue weighted by molar-refractivity contribution is 5.82. The van der Waals surface area contributed by atoms with Gasteiger partial charge < -0.3 is 14.8 Å². The van der Waals surface area contributed by atoms with Gasteiger partial charge in [0.05, 0.1) is 0 Å². The lowest BCUT2D eigenvalue weighted by Crippen LogP contribution is -2.83. The molecular weight excluding hydrogens is 326 g/mol. The highest BCUT2D eigenvalue weighted by atomic mass is 16.4. The van der Waals surface area contributed by atoms with Gasteiger partial charge in [0.1, 0.15) is 23.9 Å². The van der Waals surface area contributed by atoms with Crippen LogP contribution in [0.25, 0.3) is 11.0 Å². The number of rotatable bonds is 7. The molecule has 0 aliphatic carbocycles. The molecule has 0 fully saturated rings. The predicted octanol–water partition coefficient (Wildman–Crippen LogP) is 3.67. The van der Waals surface area contributed by atoms with Crippen molar-refractivity contribution in [3.05, 3.63) is 75.6 Å². The quantitative estimate of drug-likeness (QED) is 0.638. The Balaban J connectivity index is 1.93. The number of fused-ring (bicyclic) bond motifs is 1. The first kappa shape index (κ1) is 18.2. The fraction of sp³-hybridized carbons (Fsp3) is 0.318. The Labute approximate surface area is 153 Å². The molecule has 0 spiro atoms. The minimum atomic E-state index is -0.378. The minimum absolute atomic E-state index is 0.178. The number of aromatic hydroxyl groups is 1. The second kappa shape index (κ2) is 8.19. The molecule has 0 amide bonds. The van der Waals surface area contributed by atoms with Gasteiger partial charge in [0, 0.05) is 35.1 Å². The average molecular weight is 352 g/mol. The van der Waals surface area contributed by atoms with Gasteiger partial charge in [-0.3, -0.25) is 0 Å². The summed E-state index contributed by atoms with van der Waals surface area (Å²) in [6.45, 7) is 4.88. The summed E-state index contributed by atoms with van der Waals surface area (Å²) in [6, 6.07) is 15.9. The predicted molar refractivity (Wildman–Crippen MR) is 103 cm³/mol. The van der Waals surface area contributed by atoms with Crippen molar-refractivity contribution in [2.75, 3.05) is 0 Å². The molecule has 26 heavy (non-hydrogen) atoms. The average Bonchev–Trinajstić information content (AvgIpc) is 2.65. The Kier molecular flexibility index (Phi) is 5.74. The lowest BCUT2D eigenvalue weighted by atomic mass is 10.0. The van der Waals surface area contributed by atoms with Crippen molar-refractivity contribution in [1.82, 2.24) is 0 Å². The molecule has 1 aromatic heterocycles. The summed E-state index contributed by atoms with van der Waals surface area (Å²) in [4.78, 5) is 11.9. The number of phenolic OH excluding ortho intramolecular Hbond substituents is 1. The Morgan fingerprint density at radius 2 is 1.85 bits per heavy atom. The van der Waals surface area contributed by atoms with Crippen molar-refractivity contribution in [3.8, 4) is 5.75 Å². The lowest BCUT2D eigenvalue weighted by molar-refractivity contribution is -0.711. The fourth-order valence-electron chi connectivity index (χ4n) is 3.46. The standard InChI is InChI=1S/C22H25NO3/c1-3-8-19(16-9-6-5-7-10-16)23-14-17-12-22(25)26-21-13-20(24)15(4-2)11-18(17)21/h5-7,9-13,19,23-24H,3-4,8,14H2,1-2H3/p+1/t19-/m1/s1. The van der Waals surface area contributed by atoms with E-state index in [-0.39, 0.29) is 11.4 Å². The zero-order valence-corrected chi connectivity index (χ0v) is 15.4. The van der Waals surface area contributed by atoms with Gasteiger partial charge in [0.25, 0.3) is 0 Å². The number of phenols is 1. The highest BCUT2D eigenvalue weighted by Gasteiger charge is 2.16. The van der Waals surface area contributed by atoms with Crippen LogP contribution in [-0.4, -0.2) is 5.11 Å². The number of hydrogen-bond acceptors (Lipinski definition) is 3. The highest BCUT2D eigenvalue weighted by Crippen LogP contribution is 2.26. The Bertz CT molecular complexity index is 931. The molecular formula is C22H26NO3+. The van der Waals surface area contributed by atoms with E-state index in [1.807, 2.05) is 19.1 Å². The molecule has 0 radical (unpaired) electrons. The molecule has 3 rings (SSSR count). The van der Waals surface area contributed by atoms with Crippen molar-refractivity contribution in [3.63, 3.8) is 0 Å². The maximum Gasteiger partial charge on any atom is 0.336 e. The first-order valence-corrected chi connectivity index (χ1v) is 9.29. The van der Waals surface area contributed by atoms with E-state index in [0.717, 1.165) is 35.8 Å². The van der Waals surface area contributed by atoms with Crippen LogP contribution in [0.3, 0.4) is 0 Å². The third-order valence-electron chi connectivity index (χ3n) is 4.86. The van der Waals surface area contributed by atoms with E-state index in [4.69, 9.17) is 4.42 Å². The van der Waals surface area contributed by atoms with Crippen molar-refractivity contribution >= 4 is 11.0 Å². The SMILES string of the molecule is CCC[C@@H]([NH2+]Cc1cc(=O)oc2cc(O)c(CC)cc12)c1ccccc1.